The van der Waals surface area contributed by atoms with Gasteiger partial charge in [0.2, 0.25) is 0 Å². The monoisotopic (exact) mass is 283 g/mol. The van der Waals surface area contributed by atoms with Gasteiger partial charge in [-0.05, 0) is 58.3 Å². The summed E-state index contributed by atoms with van der Waals surface area (Å²) < 4.78 is 10.2. The van der Waals surface area contributed by atoms with Gasteiger partial charge in [-0.25, -0.2) is 4.79 Å². The van der Waals surface area contributed by atoms with Gasteiger partial charge in [0, 0.05) is 6.04 Å². The van der Waals surface area contributed by atoms with Crippen LogP contribution in [0, 0.1) is 17.8 Å². The number of carbonyl (C=O) groups excluding carboxylic acids is 2. The van der Waals surface area contributed by atoms with Gasteiger partial charge in [0.15, 0.2) is 0 Å². The molecule has 1 amide bonds. The molecule has 5 nitrogen and oxygen atoms in total. The highest BCUT2D eigenvalue weighted by Crippen LogP contribution is 2.45. The Morgan fingerprint density at radius 3 is 2.10 bits per heavy atom. The predicted molar refractivity (Wildman–Crippen MR) is 74.1 cm³/mol. The molecule has 3 aliphatic rings. The quantitative estimate of drug-likeness (QED) is 0.791. The first kappa shape index (κ1) is 15.1. The number of fused-ring (bicyclic) bond motifs is 3. The van der Waals surface area contributed by atoms with Crippen molar-refractivity contribution in [3.63, 3.8) is 0 Å². The molecule has 2 bridgehead atoms. The maximum atomic E-state index is 12.0. The molecule has 0 aromatic heterocycles. The zero-order valence-electron chi connectivity index (χ0n) is 12.8. The lowest BCUT2D eigenvalue weighted by atomic mass is 9.61. The molecule has 0 saturated heterocycles. The summed E-state index contributed by atoms with van der Waals surface area (Å²) in [7, 11) is 1.41. The molecule has 2 unspecified atom stereocenters. The minimum absolute atomic E-state index is 0.148. The average Bonchev–Trinajstić information content (AvgIpc) is 2.37. The molecule has 0 aromatic rings. The van der Waals surface area contributed by atoms with E-state index in [4.69, 9.17) is 9.47 Å². The number of alkyl carbamates (subject to hydrolysis) is 1. The van der Waals surface area contributed by atoms with Crippen LogP contribution in [0.4, 0.5) is 4.79 Å². The van der Waals surface area contributed by atoms with Gasteiger partial charge in [-0.3, -0.25) is 4.79 Å². The third kappa shape index (κ3) is 3.25. The van der Waals surface area contributed by atoms with Crippen molar-refractivity contribution >= 4 is 12.1 Å². The molecule has 0 heterocycles. The van der Waals surface area contributed by atoms with E-state index in [1.54, 1.807) is 0 Å². The summed E-state index contributed by atoms with van der Waals surface area (Å²) in [6.07, 6.45) is 3.80. The number of hydrogen-bond donors (Lipinski definition) is 1. The van der Waals surface area contributed by atoms with Crippen LogP contribution in [-0.4, -0.2) is 30.8 Å². The molecule has 3 aliphatic carbocycles. The van der Waals surface area contributed by atoms with Crippen molar-refractivity contribution in [2.24, 2.45) is 17.8 Å². The van der Waals surface area contributed by atoms with Crippen molar-refractivity contribution in [2.45, 2.75) is 58.1 Å². The Morgan fingerprint density at radius 1 is 1.05 bits per heavy atom. The number of rotatable bonds is 2. The van der Waals surface area contributed by atoms with E-state index in [9.17, 15) is 9.59 Å². The second kappa shape index (κ2) is 5.62. The number of carbonyl (C=O) groups is 2. The fraction of sp³-hybridized carbons (Fsp3) is 0.867. The van der Waals surface area contributed by atoms with Crippen LogP contribution in [-0.2, 0) is 14.3 Å². The second-order valence-corrected chi connectivity index (χ2v) is 6.90. The zero-order chi connectivity index (χ0) is 14.9. The van der Waals surface area contributed by atoms with Crippen LogP contribution in [0.15, 0.2) is 0 Å². The van der Waals surface area contributed by atoms with Crippen molar-refractivity contribution < 1.29 is 19.1 Å². The molecule has 0 spiro atoms. The second-order valence-electron chi connectivity index (χ2n) is 6.90. The molecule has 3 fully saturated rings. The normalized spacial score (nSPS) is 32.6. The summed E-state index contributed by atoms with van der Waals surface area (Å²) >= 11 is 0. The van der Waals surface area contributed by atoms with Gasteiger partial charge in [0.1, 0.15) is 5.60 Å². The van der Waals surface area contributed by atoms with E-state index >= 15 is 0 Å². The highest BCUT2D eigenvalue weighted by molar-refractivity contribution is 5.76. The summed E-state index contributed by atoms with van der Waals surface area (Å²) in [5.74, 6) is 0.254. The predicted octanol–water partition coefficient (Wildman–Crippen LogP) is 2.49. The molecule has 2 atom stereocenters. The Balaban J connectivity index is 2.07. The first-order valence-electron chi connectivity index (χ1n) is 7.39. The van der Waals surface area contributed by atoms with Gasteiger partial charge < -0.3 is 14.8 Å². The molecule has 20 heavy (non-hydrogen) atoms. The molecule has 0 aromatic carbocycles. The highest BCUT2D eigenvalue weighted by Gasteiger charge is 2.48. The Labute approximate surface area is 120 Å². The minimum Gasteiger partial charge on any atom is -0.469 e. The van der Waals surface area contributed by atoms with Crippen LogP contribution >= 0.6 is 0 Å². The summed E-state index contributed by atoms with van der Waals surface area (Å²) in [6, 6.07) is -0.148. The van der Waals surface area contributed by atoms with E-state index in [1.807, 2.05) is 20.8 Å². The van der Waals surface area contributed by atoms with Crippen LogP contribution in [0.25, 0.3) is 0 Å². The lowest BCUT2D eigenvalue weighted by Crippen LogP contribution is -2.56. The van der Waals surface area contributed by atoms with Gasteiger partial charge in [-0.2, -0.15) is 0 Å². The van der Waals surface area contributed by atoms with Gasteiger partial charge in [0.05, 0.1) is 13.0 Å². The molecule has 1 N–H and O–H groups in total. The van der Waals surface area contributed by atoms with Crippen LogP contribution in [0.5, 0.6) is 0 Å². The smallest absolute Gasteiger partial charge is 0.407 e. The number of esters is 1. The molecule has 0 aliphatic heterocycles. The SMILES string of the molecule is COC(=O)C1C2CCC(CC2)C1NC(=O)OC(C)(C)C. The topological polar surface area (TPSA) is 64.6 Å². The highest BCUT2D eigenvalue weighted by atomic mass is 16.6. The third-order valence-corrected chi connectivity index (χ3v) is 4.38. The zero-order valence-corrected chi connectivity index (χ0v) is 12.8. The molecule has 114 valence electrons. The van der Waals surface area contributed by atoms with E-state index in [1.165, 1.54) is 7.11 Å². The minimum atomic E-state index is -0.529. The Bertz CT molecular complexity index is 380. The van der Waals surface area contributed by atoms with E-state index in [2.05, 4.69) is 5.32 Å². The summed E-state index contributed by atoms with van der Waals surface area (Å²) in [5.41, 5.74) is -0.529. The van der Waals surface area contributed by atoms with Crippen molar-refractivity contribution in [1.82, 2.24) is 5.32 Å². The van der Waals surface area contributed by atoms with E-state index in [0.29, 0.717) is 11.8 Å². The number of methoxy groups -OCH3 is 1. The Hall–Kier alpha value is -1.26. The van der Waals surface area contributed by atoms with Crippen molar-refractivity contribution in [3.8, 4) is 0 Å². The van der Waals surface area contributed by atoms with Crippen LogP contribution < -0.4 is 5.32 Å². The summed E-state index contributed by atoms with van der Waals surface area (Å²) in [5, 5.41) is 2.91. The molecule has 5 heteroatoms. The standard InChI is InChI=1S/C15H25NO4/c1-15(2,3)20-14(18)16-12-10-7-5-9(6-8-10)11(12)13(17)19-4/h9-12H,5-8H2,1-4H3,(H,16,18). The van der Waals surface area contributed by atoms with Gasteiger partial charge in [0.25, 0.3) is 0 Å². The van der Waals surface area contributed by atoms with Crippen molar-refractivity contribution in [2.75, 3.05) is 7.11 Å². The lowest BCUT2D eigenvalue weighted by Gasteiger charge is -2.47. The molecule has 3 saturated carbocycles. The molecule has 0 radical (unpaired) electrons. The number of nitrogens with one attached hydrogen (secondary N) is 1. The lowest BCUT2D eigenvalue weighted by molar-refractivity contribution is -0.153. The van der Waals surface area contributed by atoms with Crippen molar-refractivity contribution in [1.29, 1.82) is 0 Å². The fourth-order valence-corrected chi connectivity index (χ4v) is 3.58. The first-order valence-corrected chi connectivity index (χ1v) is 7.39. The maximum absolute atomic E-state index is 12.0. The van der Waals surface area contributed by atoms with E-state index in [0.717, 1.165) is 25.7 Å². The van der Waals surface area contributed by atoms with E-state index < -0.39 is 11.7 Å². The Morgan fingerprint density at radius 2 is 1.60 bits per heavy atom. The molecular weight excluding hydrogens is 258 g/mol. The maximum Gasteiger partial charge on any atom is 0.407 e. The van der Waals surface area contributed by atoms with Crippen LogP contribution in [0.1, 0.15) is 46.5 Å². The number of amides is 1. The fourth-order valence-electron chi connectivity index (χ4n) is 3.58. The van der Waals surface area contributed by atoms with E-state index in [-0.39, 0.29) is 17.9 Å². The summed E-state index contributed by atoms with van der Waals surface area (Å²) in [6.45, 7) is 5.49. The third-order valence-electron chi connectivity index (χ3n) is 4.38. The van der Waals surface area contributed by atoms with Gasteiger partial charge in [-0.15, -0.1) is 0 Å². The number of ether oxygens (including phenoxy) is 2. The molecule has 3 rings (SSSR count). The largest absolute Gasteiger partial charge is 0.469 e. The molecular formula is C15H25NO4. The van der Waals surface area contributed by atoms with Crippen LogP contribution in [0.2, 0.25) is 0 Å². The van der Waals surface area contributed by atoms with Crippen LogP contribution in [0.3, 0.4) is 0 Å². The van der Waals surface area contributed by atoms with Gasteiger partial charge >= 0.3 is 12.1 Å². The average molecular weight is 283 g/mol. The summed E-state index contributed by atoms with van der Waals surface area (Å²) in [4.78, 5) is 24.0. The van der Waals surface area contributed by atoms with Crippen molar-refractivity contribution in [3.05, 3.63) is 0 Å². The van der Waals surface area contributed by atoms with Gasteiger partial charge in [-0.1, -0.05) is 0 Å². The first-order chi connectivity index (χ1) is 9.31. The Kier molecular flexibility index (Phi) is 4.25. The number of hydrogen-bond acceptors (Lipinski definition) is 4.